The van der Waals surface area contributed by atoms with Crippen molar-refractivity contribution in [3.05, 3.63) is 41.9 Å². The van der Waals surface area contributed by atoms with E-state index in [1.54, 1.807) is 10.9 Å². The third kappa shape index (κ3) is 3.59. The van der Waals surface area contributed by atoms with Crippen LogP contribution in [0.1, 0.15) is 30.7 Å². The molecule has 23 heavy (non-hydrogen) atoms. The van der Waals surface area contributed by atoms with Crippen molar-refractivity contribution in [3.8, 4) is 0 Å². The van der Waals surface area contributed by atoms with E-state index < -0.39 is 0 Å². The van der Waals surface area contributed by atoms with Crippen LogP contribution in [0.5, 0.6) is 0 Å². The van der Waals surface area contributed by atoms with Gasteiger partial charge in [-0.2, -0.15) is 5.10 Å². The minimum absolute atomic E-state index is 0.0125. The normalized spacial score (nSPS) is 20.6. The highest BCUT2D eigenvalue weighted by molar-refractivity contribution is 5.92. The molecule has 2 atom stereocenters. The molecule has 2 aromatic rings. The molecule has 2 heterocycles. The lowest BCUT2D eigenvalue weighted by atomic mass is 9.95. The predicted molar refractivity (Wildman–Crippen MR) is 88.8 cm³/mol. The van der Waals surface area contributed by atoms with Crippen molar-refractivity contribution in [2.75, 3.05) is 11.9 Å². The summed E-state index contributed by atoms with van der Waals surface area (Å²) < 4.78 is 1.79. The zero-order valence-electron chi connectivity index (χ0n) is 13.4. The summed E-state index contributed by atoms with van der Waals surface area (Å²) in [7, 11) is 0. The van der Waals surface area contributed by atoms with Crippen molar-refractivity contribution >= 4 is 11.7 Å². The predicted octanol–water partition coefficient (Wildman–Crippen LogP) is 1.95. The van der Waals surface area contributed by atoms with E-state index in [4.69, 9.17) is 5.73 Å². The Morgan fingerprint density at radius 1 is 1.43 bits per heavy atom. The van der Waals surface area contributed by atoms with E-state index in [0.717, 1.165) is 36.5 Å². The van der Waals surface area contributed by atoms with Gasteiger partial charge in [-0.3, -0.25) is 9.78 Å². The van der Waals surface area contributed by atoms with Crippen LogP contribution in [0.2, 0.25) is 0 Å². The minimum atomic E-state index is 0.0125. The maximum atomic E-state index is 12.6. The summed E-state index contributed by atoms with van der Waals surface area (Å²) in [4.78, 5) is 16.9. The monoisotopic (exact) mass is 313 g/mol. The third-order valence-electron chi connectivity index (χ3n) is 4.49. The van der Waals surface area contributed by atoms with Gasteiger partial charge in [0.05, 0.1) is 17.9 Å². The van der Waals surface area contributed by atoms with Crippen LogP contribution >= 0.6 is 0 Å². The number of rotatable bonds is 5. The van der Waals surface area contributed by atoms with Gasteiger partial charge in [0.1, 0.15) is 5.82 Å². The molecule has 1 aliphatic carbocycles. The Labute approximate surface area is 136 Å². The Hall–Kier alpha value is -2.21. The molecular formula is C17H23N5O. The van der Waals surface area contributed by atoms with E-state index >= 15 is 0 Å². The van der Waals surface area contributed by atoms with Crippen LogP contribution in [0.3, 0.4) is 0 Å². The quantitative estimate of drug-likeness (QED) is 0.883. The van der Waals surface area contributed by atoms with Gasteiger partial charge in [-0.25, -0.2) is 4.68 Å². The smallest absolute Gasteiger partial charge is 0.228 e. The van der Waals surface area contributed by atoms with Gasteiger partial charge in [0.2, 0.25) is 5.91 Å². The second-order valence-electron chi connectivity index (χ2n) is 6.17. The number of aryl methyl sites for hydroxylation is 1. The Morgan fingerprint density at radius 2 is 2.30 bits per heavy atom. The molecule has 0 spiro atoms. The summed E-state index contributed by atoms with van der Waals surface area (Å²) >= 11 is 0. The molecule has 6 nitrogen and oxygen atoms in total. The number of hydrogen-bond acceptors (Lipinski definition) is 4. The molecule has 1 aliphatic rings. The average molecular weight is 313 g/mol. The standard InChI is InChI=1S/C17H23N5O/c1-12-9-16(20-17(23)15-7-4-5-13(15)10-18)22(21-12)11-14-6-2-3-8-19-14/h2-3,6,8-9,13,15H,4-5,7,10-11,18H2,1H3,(H,20,23)/t13-,15-/m1/s1. The van der Waals surface area contributed by atoms with E-state index in [-0.39, 0.29) is 11.8 Å². The number of hydrogen-bond donors (Lipinski definition) is 2. The third-order valence-corrected chi connectivity index (χ3v) is 4.49. The minimum Gasteiger partial charge on any atom is -0.330 e. The number of anilines is 1. The second-order valence-corrected chi connectivity index (χ2v) is 6.17. The van der Waals surface area contributed by atoms with E-state index in [1.165, 1.54) is 0 Å². The second kappa shape index (κ2) is 6.91. The largest absolute Gasteiger partial charge is 0.330 e. The van der Waals surface area contributed by atoms with Crippen molar-refractivity contribution in [2.24, 2.45) is 17.6 Å². The lowest BCUT2D eigenvalue weighted by Gasteiger charge is -2.17. The van der Waals surface area contributed by atoms with Crippen LogP contribution in [0.4, 0.5) is 5.82 Å². The molecule has 3 rings (SSSR count). The maximum Gasteiger partial charge on any atom is 0.228 e. The molecule has 1 saturated carbocycles. The van der Waals surface area contributed by atoms with Gasteiger partial charge in [0.25, 0.3) is 0 Å². The molecule has 3 N–H and O–H groups in total. The number of nitrogens with zero attached hydrogens (tertiary/aromatic N) is 3. The first-order valence-corrected chi connectivity index (χ1v) is 8.12. The summed E-state index contributed by atoms with van der Waals surface area (Å²) in [5.41, 5.74) is 7.57. The number of nitrogens with two attached hydrogens (primary N) is 1. The van der Waals surface area contributed by atoms with Gasteiger partial charge in [-0.05, 0) is 44.4 Å². The van der Waals surface area contributed by atoms with Crippen LogP contribution in [0, 0.1) is 18.8 Å². The van der Waals surface area contributed by atoms with Gasteiger partial charge in [0, 0.05) is 18.2 Å². The molecule has 1 fully saturated rings. The molecular weight excluding hydrogens is 290 g/mol. The highest BCUT2D eigenvalue weighted by atomic mass is 16.2. The first-order chi connectivity index (χ1) is 11.2. The van der Waals surface area contributed by atoms with E-state index in [2.05, 4.69) is 15.4 Å². The van der Waals surface area contributed by atoms with Crippen molar-refractivity contribution < 1.29 is 4.79 Å². The summed E-state index contributed by atoms with van der Waals surface area (Å²) in [5, 5.41) is 7.50. The number of pyridine rings is 1. The molecule has 0 unspecified atom stereocenters. The van der Waals surface area contributed by atoms with Crippen LogP contribution in [-0.4, -0.2) is 27.2 Å². The van der Waals surface area contributed by atoms with E-state index in [9.17, 15) is 4.79 Å². The molecule has 0 radical (unpaired) electrons. The number of aromatic nitrogens is 3. The first kappa shape index (κ1) is 15.7. The van der Waals surface area contributed by atoms with Crippen LogP contribution in [0.15, 0.2) is 30.5 Å². The zero-order valence-corrected chi connectivity index (χ0v) is 13.4. The molecule has 2 aromatic heterocycles. The van der Waals surface area contributed by atoms with Crippen LogP contribution in [0.25, 0.3) is 0 Å². The lowest BCUT2D eigenvalue weighted by molar-refractivity contribution is -0.120. The zero-order chi connectivity index (χ0) is 16.2. The van der Waals surface area contributed by atoms with Crippen molar-refractivity contribution in [1.29, 1.82) is 0 Å². The number of carbonyl (C=O) groups excluding carboxylic acids is 1. The fourth-order valence-electron chi connectivity index (χ4n) is 3.29. The Balaban J connectivity index is 1.74. The van der Waals surface area contributed by atoms with Gasteiger partial charge >= 0.3 is 0 Å². The average Bonchev–Trinajstić information content (AvgIpc) is 3.15. The van der Waals surface area contributed by atoms with E-state index in [1.807, 2.05) is 31.2 Å². The molecule has 0 aliphatic heterocycles. The van der Waals surface area contributed by atoms with Crippen LogP contribution < -0.4 is 11.1 Å². The summed E-state index contributed by atoms with van der Waals surface area (Å²) in [5.74, 6) is 1.09. The lowest BCUT2D eigenvalue weighted by Crippen LogP contribution is -2.30. The highest BCUT2D eigenvalue weighted by Gasteiger charge is 2.32. The van der Waals surface area contributed by atoms with Gasteiger partial charge in [-0.1, -0.05) is 12.5 Å². The van der Waals surface area contributed by atoms with Crippen LogP contribution in [-0.2, 0) is 11.3 Å². The molecule has 0 aromatic carbocycles. The highest BCUT2D eigenvalue weighted by Crippen LogP contribution is 2.31. The van der Waals surface area contributed by atoms with Gasteiger partial charge < -0.3 is 11.1 Å². The van der Waals surface area contributed by atoms with Crippen molar-refractivity contribution in [3.63, 3.8) is 0 Å². The SMILES string of the molecule is Cc1cc(NC(=O)[C@@H]2CCC[C@@H]2CN)n(Cc2ccccn2)n1. The topological polar surface area (TPSA) is 85.8 Å². The first-order valence-electron chi connectivity index (χ1n) is 8.12. The van der Waals surface area contributed by atoms with E-state index in [0.29, 0.717) is 19.0 Å². The molecule has 6 heteroatoms. The number of nitrogens with one attached hydrogen (secondary N) is 1. The fraction of sp³-hybridized carbons (Fsp3) is 0.471. The maximum absolute atomic E-state index is 12.6. The summed E-state index contributed by atoms with van der Waals surface area (Å²) in [6, 6.07) is 7.67. The number of amides is 1. The van der Waals surface area contributed by atoms with Gasteiger partial charge in [0.15, 0.2) is 0 Å². The fourth-order valence-corrected chi connectivity index (χ4v) is 3.29. The summed E-state index contributed by atoms with van der Waals surface area (Å²) in [6.45, 7) is 3.03. The van der Waals surface area contributed by atoms with Crippen molar-refractivity contribution in [1.82, 2.24) is 14.8 Å². The molecule has 0 bridgehead atoms. The Morgan fingerprint density at radius 3 is 3.04 bits per heavy atom. The van der Waals surface area contributed by atoms with Crippen molar-refractivity contribution in [2.45, 2.75) is 32.7 Å². The molecule has 0 saturated heterocycles. The Bertz CT molecular complexity index is 667. The molecule has 122 valence electrons. The number of carbonyl (C=O) groups is 1. The van der Waals surface area contributed by atoms with Gasteiger partial charge in [-0.15, -0.1) is 0 Å². The molecule has 1 amide bonds. The summed E-state index contributed by atoms with van der Waals surface area (Å²) in [6.07, 6.45) is 4.79. The Kier molecular flexibility index (Phi) is 4.71.